The molecule has 0 spiro atoms. The summed E-state index contributed by atoms with van der Waals surface area (Å²) >= 11 is 0. The summed E-state index contributed by atoms with van der Waals surface area (Å²) in [7, 11) is -3.53. The van der Waals surface area contributed by atoms with Gasteiger partial charge >= 0.3 is 0 Å². The van der Waals surface area contributed by atoms with Gasteiger partial charge in [-0.25, -0.2) is 8.42 Å². The Kier molecular flexibility index (Phi) is 8.44. The molecule has 0 atom stereocenters. The van der Waals surface area contributed by atoms with Crippen LogP contribution in [0.4, 0.5) is 5.69 Å². The van der Waals surface area contributed by atoms with Crippen LogP contribution in [0.5, 0.6) is 0 Å². The number of anilines is 1. The van der Waals surface area contributed by atoms with Gasteiger partial charge in [0, 0.05) is 18.8 Å². The number of hydrogen-bond donors (Lipinski definition) is 1. The van der Waals surface area contributed by atoms with E-state index in [9.17, 15) is 13.2 Å². The Morgan fingerprint density at radius 3 is 2.12 bits per heavy atom. The van der Waals surface area contributed by atoms with Crippen LogP contribution in [0, 0.1) is 11.3 Å². The lowest BCUT2D eigenvalue weighted by Gasteiger charge is -2.22. The minimum atomic E-state index is -3.53. The van der Waals surface area contributed by atoms with Crippen LogP contribution in [0.2, 0.25) is 0 Å². The first-order valence-corrected chi connectivity index (χ1v) is 9.66. The van der Waals surface area contributed by atoms with Gasteiger partial charge in [0.15, 0.2) is 0 Å². The number of hydrogen-bond acceptors (Lipinski definition) is 4. The zero-order chi connectivity index (χ0) is 18.0. The van der Waals surface area contributed by atoms with Crippen LogP contribution >= 0.6 is 0 Å². The number of rotatable bonds is 10. The summed E-state index contributed by atoms with van der Waals surface area (Å²) in [5.74, 6) is -0.416. The molecule has 6 nitrogen and oxygen atoms in total. The Labute approximate surface area is 144 Å². The molecule has 1 amide bonds. The summed E-state index contributed by atoms with van der Waals surface area (Å²) in [5, 5.41) is 11.0. The zero-order valence-electron chi connectivity index (χ0n) is 14.3. The quantitative estimate of drug-likeness (QED) is 0.701. The van der Waals surface area contributed by atoms with E-state index in [0.717, 1.165) is 25.7 Å². The number of amides is 1. The van der Waals surface area contributed by atoms with E-state index in [1.807, 2.05) is 13.8 Å². The maximum absolute atomic E-state index is 12.8. The van der Waals surface area contributed by atoms with Crippen molar-refractivity contribution in [3.05, 3.63) is 24.3 Å². The predicted molar refractivity (Wildman–Crippen MR) is 93.9 cm³/mol. The Morgan fingerprint density at radius 1 is 1.12 bits per heavy atom. The van der Waals surface area contributed by atoms with Gasteiger partial charge in [-0.3, -0.25) is 4.79 Å². The SMILES string of the molecule is CCCCN(CCCC)S(=O)(=O)c1ccc(NC(=O)CC#N)cc1. The van der Waals surface area contributed by atoms with Gasteiger partial charge in [-0.2, -0.15) is 9.57 Å². The zero-order valence-corrected chi connectivity index (χ0v) is 15.1. The van der Waals surface area contributed by atoms with E-state index in [-0.39, 0.29) is 11.3 Å². The molecule has 0 radical (unpaired) electrons. The number of benzene rings is 1. The first-order valence-electron chi connectivity index (χ1n) is 8.22. The first-order chi connectivity index (χ1) is 11.5. The molecule has 1 aromatic rings. The van der Waals surface area contributed by atoms with Crippen LogP contribution < -0.4 is 5.32 Å². The molecule has 0 bridgehead atoms. The standard InChI is InChI=1S/C17H25N3O3S/c1-3-5-13-20(14-6-4-2)24(22,23)16-9-7-15(8-10-16)19-17(21)11-12-18/h7-10H,3-6,11,13-14H2,1-2H3,(H,19,21). The van der Waals surface area contributed by atoms with Gasteiger partial charge in [0.05, 0.1) is 11.0 Å². The topological polar surface area (TPSA) is 90.3 Å². The van der Waals surface area contributed by atoms with Crippen LogP contribution in [0.15, 0.2) is 29.2 Å². The lowest BCUT2D eigenvalue weighted by atomic mass is 10.3. The molecule has 0 aromatic heterocycles. The van der Waals surface area contributed by atoms with Crippen molar-refractivity contribution in [2.24, 2.45) is 0 Å². The summed E-state index contributed by atoms with van der Waals surface area (Å²) in [4.78, 5) is 11.6. The lowest BCUT2D eigenvalue weighted by Crippen LogP contribution is -2.33. The maximum Gasteiger partial charge on any atom is 0.243 e. The molecule has 0 saturated heterocycles. The summed E-state index contributed by atoms with van der Waals surface area (Å²) in [6, 6.07) is 7.82. The predicted octanol–water partition coefficient (Wildman–Crippen LogP) is 3.13. The Morgan fingerprint density at radius 2 is 1.67 bits per heavy atom. The van der Waals surface area contributed by atoms with Crippen molar-refractivity contribution in [3.63, 3.8) is 0 Å². The highest BCUT2D eigenvalue weighted by Gasteiger charge is 2.23. The van der Waals surface area contributed by atoms with Crippen LogP contribution in [-0.4, -0.2) is 31.7 Å². The van der Waals surface area contributed by atoms with Gasteiger partial charge in [0.2, 0.25) is 15.9 Å². The van der Waals surface area contributed by atoms with E-state index in [2.05, 4.69) is 5.32 Å². The summed E-state index contributed by atoms with van der Waals surface area (Å²) in [6.07, 6.45) is 3.28. The maximum atomic E-state index is 12.8. The van der Waals surface area contributed by atoms with Crippen molar-refractivity contribution in [1.29, 1.82) is 5.26 Å². The average Bonchev–Trinajstić information content (AvgIpc) is 2.55. The minimum absolute atomic E-state index is 0.216. The number of sulfonamides is 1. The molecule has 0 unspecified atom stereocenters. The number of nitriles is 1. The highest BCUT2D eigenvalue weighted by atomic mass is 32.2. The van der Waals surface area contributed by atoms with Crippen LogP contribution in [-0.2, 0) is 14.8 Å². The van der Waals surface area contributed by atoms with Crippen molar-refractivity contribution in [3.8, 4) is 6.07 Å². The fraction of sp³-hybridized carbons (Fsp3) is 0.529. The van der Waals surface area contributed by atoms with Crippen molar-refractivity contribution in [2.45, 2.75) is 50.8 Å². The molecule has 0 saturated carbocycles. The molecule has 1 rings (SSSR count). The number of carbonyl (C=O) groups excluding carboxylic acids is 1. The lowest BCUT2D eigenvalue weighted by molar-refractivity contribution is -0.115. The summed E-state index contributed by atoms with van der Waals surface area (Å²) < 4.78 is 27.1. The Balaban J connectivity index is 2.91. The van der Waals surface area contributed by atoms with Gasteiger partial charge in [0.1, 0.15) is 6.42 Å². The van der Waals surface area contributed by atoms with E-state index in [1.54, 1.807) is 18.2 Å². The second kappa shape index (κ2) is 10.1. The van der Waals surface area contributed by atoms with Crippen LogP contribution in [0.1, 0.15) is 46.0 Å². The molecule has 132 valence electrons. The van der Waals surface area contributed by atoms with Crippen LogP contribution in [0.25, 0.3) is 0 Å². The third-order valence-corrected chi connectivity index (χ3v) is 5.45. The molecule has 24 heavy (non-hydrogen) atoms. The van der Waals surface area contributed by atoms with E-state index < -0.39 is 15.9 Å². The van der Waals surface area contributed by atoms with Crippen molar-refractivity contribution in [1.82, 2.24) is 4.31 Å². The Hall–Kier alpha value is -1.91. The van der Waals surface area contributed by atoms with E-state index >= 15 is 0 Å². The molecule has 0 heterocycles. The van der Waals surface area contributed by atoms with Gasteiger partial charge in [-0.15, -0.1) is 0 Å². The van der Waals surface area contributed by atoms with Crippen molar-refractivity contribution in [2.75, 3.05) is 18.4 Å². The molecule has 1 N–H and O–H groups in total. The molecular formula is C17H25N3O3S. The molecule has 0 aliphatic carbocycles. The molecular weight excluding hydrogens is 326 g/mol. The number of nitrogens with one attached hydrogen (secondary N) is 1. The third-order valence-electron chi connectivity index (χ3n) is 3.54. The van der Waals surface area contributed by atoms with Crippen molar-refractivity contribution < 1.29 is 13.2 Å². The molecule has 7 heteroatoms. The fourth-order valence-electron chi connectivity index (χ4n) is 2.16. The van der Waals surface area contributed by atoms with Gasteiger partial charge in [-0.1, -0.05) is 26.7 Å². The van der Waals surface area contributed by atoms with E-state index in [0.29, 0.717) is 18.8 Å². The molecule has 0 fully saturated rings. The smallest absolute Gasteiger partial charge is 0.243 e. The van der Waals surface area contributed by atoms with E-state index in [1.165, 1.54) is 16.4 Å². The van der Waals surface area contributed by atoms with Gasteiger partial charge in [-0.05, 0) is 37.1 Å². The second-order valence-corrected chi connectivity index (χ2v) is 7.46. The van der Waals surface area contributed by atoms with Gasteiger partial charge in [0.25, 0.3) is 0 Å². The monoisotopic (exact) mass is 351 g/mol. The molecule has 1 aromatic carbocycles. The second-order valence-electron chi connectivity index (χ2n) is 5.52. The largest absolute Gasteiger partial charge is 0.325 e. The number of unbranched alkanes of at least 4 members (excludes halogenated alkanes) is 2. The number of carbonyl (C=O) groups is 1. The van der Waals surface area contributed by atoms with Crippen molar-refractivity contribution >= 4 is 21.6 Å². The number of nitrogens with zero attached hydrogens (tertiary/aromatic N) is 2. The first kappa shape index (κ1) is 20.1. The molecule has 0 aliphatic rings. The molecule has 0 aliphatic heterocycles. The fourth-order valence-corrected chi connectivity index (χ4v) is 3.67. The Bertz CT molecular complexity index is 655. The average molecular weight is 351 g/mol. The summed E-state index contributed by atoms with van der Waals surface area (Å²) in [6.45, 7) is 5.09. The highest BCUT2D eigenvalue weighted by Crippen LogP contribution is 2.19. The van der Waals surface area contributed by atoms with Gasteiger partial charge < -0.3 is 5.32 Å². The normalized spacial score (nSPS) is 11.2. The van der Waals surface area contributed by atoms with Crippen LogP contribution in [0.3, 0.4) is 0 Å². The third kappa shape index (κ3) is 5.95. The minimum Gasteiger partial charge on any atom is -0.325 e. The summed E-state index contributed by atoms with van der Waals surface area (Å²) in [5.41, 5.74) is 0.475. The highest BCUT2D eigenvalue weighted by molar-refractivity contribution is 7.89. The van der Waals surface area contributed by atoms with E-state index in [4.69, 9.17) is 5.26 Å².